The van der Waals surface area contributed by atoms with Gasteiger partial charge < -0.3 is 19.3 Å². The zero-order chi connectivity index (χ0) is 22.5. The van der Waals surface area contributed by atoms with E-state index in [-0.39, 0.29) is 18.6 Å². The van der Waals surface area contributed by atoms with Crippen LogP contribution in [0.1, 0.15) is 36.1 Å². The second-order valence-electron chi connectivity index (χ2n) is 7.93. The molecule has 1 fully saturated rings. The third-order valence-corrected chi connectivity index (χ3v) is 5.50. The third kappa shape index (κ3) is 4.82. The van der Waals surface area contributed by atoms with Gasteiger partial charge in [0.1, 0.15) is 18.1 Å². The maximum atomic E-state index is 13.1. The van der Waals surface area contributed by atoms with Crippen molar-refractivity contribution in [3.63, 3.8) is 0 Å². The fourth-order valence-corrected chi connectivity index (χ4v) is 3.72. The van der Waals surface area contributed by atoms with Gasteiger partial charge in [-0.3, -0.25) is 4.79 Å². The Kier molecular flexibility index (Phi) is 6.53. The number of hydrogen-bond donors (Lipinski definition) is 0. The van der Waals surface area contributed by atoms with E-state index in [0.29, 0.717) is 30.2 Å². The number of rotatable bonds is 7. The number of tetrazole rings is 1. The van der Waals surface area contributed by atoms with Crippen molar-refractivity contribution in [1.29, 1.82) is 0 Å². The van der Waals surface area contributed by atoms with Crippen LogP contribution in [0.15, 0.2) is 48.5 Å². The molecule has 0 spiro atoms. The van der Waals surface area contributed by atoms with E-state index >= 15 is 0 Å². The van der Waals surface area contributed by atoms with Crippen molar-refractivity contribution >= 4 is 11.6 Å². The van der Waals surface area contributed by atoms with Crippen LogP contribution in [0.2, 0.25) is 0 Å². The van der Waals surface area contributed by atoms with Gasteiger partial charge in [-0.1, -0.05) is 6.07 Å². The zero-order valence-corrected chi connectivity index (χ0v) is 18.6. The van der Waals surface area contributed by atoms with E-state index in [1.807, 2.05) is 61.2 Å². The van der Waals surface area contributed by atoms with Crippen molar-refractivity contribution in [2.45, 2.75) is 26.5 Å². The van der Waals surface area contributed by atoms with E-state index in [9.17, 15) is 4.79 Å². The first-order valence-corrected chi connectivity index (χ1v) is 10.7. The monoisotopic (exact) mass is 436 g/mol. The Balaban J connectivity index is 1.35. The van der Waals surface area contributed by atoms with Crippen molar-refractivity contribution in [3.8, 4) is 11.5 Å². The number of hydrogen-bond acceptors (Lipinski definition) is 7. The Labute approximate surface area is 187 Å². The summed E-state index contributed by atoms with van der Waals surface area (Å²) in [7, 11) is 1.66. The summed E-state index contributed by atoms with van der Waals surface area (Å²) in [5.41, 5.74) is 1.75. The number of aromatic nitrogens is 4. The number of carbonyl (C=O) groups excluding carboxylic acids is 1. The number of methoxy groups -OCH3 is 1. The van der Waals surface area contributed by atoms with Gasteiger partial charge in [0.15, 0.2) is 5.82 Å². The number of ether oxygens (including phenoxy) is 2. The molecule has 9 heteroatoms. The SMILES string of the molecule is COc1ccc(N2CCN(C(=O)c3cccc(OCc4nnnn4C(C)C)c3)CC2)cc1. The number of carbonyl (C=O) groups is 1. The minimum absolute atomic E-state index is 0.0110. The van der Waals surface area contributed by atoms with E-state index in [1.165, 1.54) is 0 Å². The number of benzene rings is 2. The van der Waals surface area contributed by atoms with Gasteiger partial charge in [0.05, 0.1) is 13.2 Å². The van der Waals surface area contributed by atoms with Crippen LogP contribution in [0.4, 0.5) is 5.69 Å². The van der Waals surface area contributed by atoms with Gasteiger partial charge in [0.2, 0.25) is 0 Å². The summed E-state index contributed by atoms with van der Waals surface area (Å²) in [6.07, 6.45) is 0. The highest BCUT2D eigenvalue weighted by Gasteiger charge is 2.23. The summed E-state index contributed by atoms with van der Waals surface area (Å²) in [6, 6.07) is 15.4. The smallest absolute Gasteiger partial charge is 0.254 e. The number of amides is 1. The topological polar surface area (TPSA) is 85.6 Å². The largest absolute Gasteiger partial charge is 0.497 e. The molecular weight excluding hydrogens is 408 g/mol. The molecular formula is C23H28N6O3. The first kappa shape index (κ1) is 21.6. The molecule has 0 aliphatic carbocycles. The highest BCUT2D eigenvalue weighted by Crippen LogP contribution is 2.22. The molecule has 1 aliphatic heterocycles. The average Bonchev–Trinajstić information content (AvgIpc) is 3.32. The maximum Gasteiger partial charge on any atom is 0.254 e. The van der Waals surface area contributed by atoms with Crippen molar-refractivity contribution < 1.29 is 14.3 Å². The van der Waals surface area contributed by atoms with Crippen LogP contribution in [-0.2, 0) is 6.61 Å². The van der Waals surface area contributed by atoms with Gasteiger partial charge >= 0.3 is 0 Å². The summed E-state index contributed by atoms with van der Waals surface area (Å²) >= 11 is 0. The Hall–Kier alpha value is -3.62. The summed E-state index contributed by atoms with van der Waals surface area (Å²) in [6.45, 7) is 7.15. The fraction of sp³-hybridized carbons (Fsp3) is 0.391. The molecule has 0 atom stereocenters. The molecule has 0 unspecified atom stereocenters. The quantitative estimate of drug-likeness (QED) is 0.563. The summed E-state index contributed by atoms with van der Waals surface area (Å²) in [5, 5.41) is 11.7. The third-order valence-electron chi connectivity index (χ3n) is 5.50. The summed E-state index contributed by atoms with van der Waals surface area (Å²) in [4.78, 5) is 17.2. The predicted octanol–water partition coefficient (Wildman–Crippen LogP) is 2.80. The van der Waals surface area contributed by atoms with Crippen molar-refractivity contribution in [2.24, 2.45) is 0 Å². The van der Waals surface area contributed by atoms with Crippen molar-refractivity contribution in [2.75, 3.05) is 38.2 Å². The lowest BCUT2D eigenvalue weighted by atomic mass is 10.1. The van der Waals surface area contributed by atoms with Crippen LogP contribution in [0.25, 0.3) is 0 Å². The molecule has 0 saturated carbocycles. The molecule has 1 aliphatic rings. The second kappa shape index (κ2) is 9.67. The lowest BCUT2D eigenvalue weighted by molar-refractivity contribution is 0.0746. The summed E-state index contributed by atoms with van der Waals surface area (Å²) < 4.78 is 12.8. The van der Waals surface area contributed by atoms with Gasteiger partial charge in [-0.2, -0.15) is 0 Å². The minimum Gasteiger partial charge on any atom is -0.497 e. The van der Waals surface area contributed by atoms with E-state index in [0.717, 1.165) is 24.5 Å². The lowest BCUT2D eigenvalue weighted by Gasteiger charge is -2.36. The number of piperazine rings is 1. The van der Waals surface area contributed by atoms with Crippen LogP contribution >= 0.6 is 0 Å². The molecule has 0 N–H and O–H groups in total. The molecule has 0 radical (unpaired) electrons. The highest BCUT2D eigenvalue weighted by atomic mass is 16.5. The molecule has 3 aromatic rings. The van der Waals surface area contributed by atoms with Crippen LogP contribution < -0.4 is 14.4 Å². The lowest BCUT2D eigenvalue weighted by Crippen LogP contribution is -2.48. The molecule has 1 saturated heterocycles. The highest BCUT2D eigenvalue weighted by molar-refractivity contribution is 5.94. The average molecular weight is 437 g/mol. The maximum absolute atomic E-state index is 13.1. The number of anilines is 1. The second-order valence-corrected chi connectivity index (χ2v) is 7.93. The minimum atomic E-state index is 0.0110. The number of nitrogens with zero attached hydrogens (tertiary/aromatic N) is 6. The first-order chi connectivity index (χ1) is 15.5. The molecule has 32 heavy (non-hydrogen) atoms. The van der Waals surface area contributed by atoms with E-state index < -0.39 is 0 Å². The van der Waals surface area contributed by atoms with Crippen molar-refractivity contribution in [1.82, 2.24) is 25.1 Å². The van der Waals surface area contributed by atoms with E-state index in [2.05, 4.69) is 20.4 Å². The van der Waals surface area contributed by atoms with Gasteiger partial charge in [0.25, 0.3) is 5.91 Å². The van der Waals surface area contributed by atoms with E-state index in [4.69, 9.17) is 9.47 Å². The van der Waals surface area contributed by atoms with Gasteiger partial charge in [-0.05, 0) is 66.7 Å². The molecule has 9 nitrogen and oxygen atoms in total. The van der Waals surface area contributed by atoms with Gasteiger partial charge in [-0.25, -0.2) is 4.68 Å². The molecule has 2 heterocycles. The van der Waals surface area contributed by atoms with Crippen LogP contribution in [0.3, 0.4) is 0 Å². The molecule has 0 bridgehead atoms. The molecule has 168 valence electrons. The Morgan fingerprint density at radius 3 is 2.47 bits per heavy atom. The molecule has 1 amide bonds. The summed E-state index contributed by atoms with van der Waals surface area (Å²) in [5.74, 6) is 2.11. The van der Waals surface area contributed by atoms with Gasteiger partial charge in [-0.15, -0.1) is 5.10 Å². The Morgan fingerprint density at radius 2 is 1.78 bits per heavy atom. The molecule has 2 aromatic carbocycles. The zero-order valence-electron chi connectivity index (χ0n) is 18.6. The first-order valence-electron chi connectivity index (χ1n) is 10.7. The Bertz CT molecular complexity index is 1040. The standard InChI is InChI=1S/C23H28N6O3/c1-17(2)29-22(24-25-26-29)16-32-21-6-4-5-18(15-21)23(30)28-13-11-27(12-14-28)19-7-9-20(31-3)10-8-19/h4-10,15,17H,11-14,16H2,1-3H3. The van der Waals surface area contributed by atoms with Crippen LogP contribution in [-0.4, -0.2) is 64.3 Å². The van der Waals surface area contributed by atoms with Crippen LogP contribution in [0, 0.1) is 0 Å². The Morgan fingerprint density at radius 1 is 1.03 bits per heavy atom. The molecule has 1 aromatic heterocycles. The normalized spacial score (nSPS) is 14.0. The van der Waals surface area contributed by atoms with Gasteiger partial charge in [0, 0.05) is 37.4 Å². The predicted molar refractivity (Wildman–Crippen MR) is 120 cm³/mol. The fourth-order valence-electron chi connectivity index (χ4n) is 3.72. The van der Waals surface area contributed by atoms with Crippen molar-refractivity contribution in [3.05, 3.63) is 59.9 Å². The van der Waals surface area contributed by atoms with Crippen LogP contribution in [0.5, 0.6) is 11.5 Å². The van der Waals surface area contributed by atoms with E-state index in [1.54, 1.807) is 17.9 Å². The molecule has 4 rings (SSSR count).